The van der Waals surface area contributed by atoms with Gasteiger partial charge in [-0.2, -0.15) is 8.42 Å². The predicted molar refractivity (Wildman–Crippen MR) is 143 cm³/mol. The summed E-state index contributed by atoms with van der Waals surface area (Å²) < 4.78 is 31.6. The number of anilines is 2. The molecule has 2 heterocycles. The van der Waals surface area contributed by atoms with Gasteiger partial charge in [-0.25, -0.2) is 9.78 Å². The number of thiazole rings is 1. The standard InChI is InChI=1S/C25H30N4O6S2/c1-16(2)15-26-18-3-6-20(7-4-18)37(33,34)35-19-5-8-21-22(14-19)36-24(27-21)28-23(30)13-17-9-11-29(12-10-17)25(31)32/h3-8,14,16-17,26H,9-13,15H2,1-2H3,(H,31,32)(H,27,28,30). The molecule has 12 heteroatoms. The van der Waals surface area contributed by atoms with Crippen LogP contribution in [0.15, 0.2) is 47.4 Å². The fourth-order valence-corrected chi connectivity index (χ4v) is 5.84. The summed E-state index contributed by atoms with van der Waals surface area (Å²) >= 11 is 1.23. The number of fused-ring (bicyclic) bond motifs is 1. The molecule has 0 atom stereocenters. The molecule has 3 N–H and O–H groups in total. The van der Waals surface area contributed by atoms with Gasteiger partial charge in [0.1, 0.15) is 10.6 Å². The first-order valence-corrected chi connectivity index (χ1v) is 14.3. The number of hydrogen-bond donors (Lipinski definition) is 3. The number of nitrogens with zero attached hydrogens (tertiary/aromatic N) is 2. The molecule has 1 saturated heterocycles. The second-order valence-corrected chi connectivity index (χ2v) is 12.0. The van der Waals surface area contributed by atoms with Gasteiger partial charge in [0.25, 0.3) is 0 Å². The van der Waals surface area contributed by atoms with Crippen molar-refractivity contribution >= 4 is 54.5 Å². The molecule has 0 unspecified atom stereocenters. The smallest absolute Gasteiger partial charge is 0.407 e. The maximum absolute atomic E-state index is 12.8. The molecule has 1 aliphatic heterocycles. The van der Waals surface area contributed by atoms with Crippen LogP contribution in [0.5, 0.6) is 5.75 Å². The van der Waals surface area contributed by atoms with Crippen LogP contribution in [0.2, 0.25) is 0 Å². The molecule has 0 radical (unpaired) electrons. The van der Waals surface area contributed by atoms with Crippen molar-refractivity contribution in [2.24, 2.45) is 11.8 Å². The van der Waals surface area contributed by atoms with Crippen LogP contribution in [0.1, 0.15) is 33.1 Å². The first kappa shape index (κ1) is 26.7. The van der Waals surface area contributed by atoms with Gasteiger partial charge in [0.15, 0.2) is 5.13 Å². The fourth-order valence-electron chi connectivity index (χ4n) is 4.01. The summed E-state index contributed by atoms with van der Waals surface area (Å²) in [5.41, 5.74) is 1.44. The van der Waals surface area contributed by atoms with E-state index in [2.05, 4.69) is 29.5 Å². The lowest BCUT2D eigenvalue weighted by Gasteiger charge is -2.29. The van der Waals surface area contributed by atoms with E-state index in [4.69, 9.17) is 9.29 Å². The van der Waals surface area contributed by atoms with Crippen LogP contribution in [-0.2, 0) is 14.9 Å². The van der Waals surface area contributed by atoms with Crippen LogP contribution in [-0.4, -0.2) is 55.0 Å². The maximum Gasteiger partial charge on any atom is 0.407 e. The minimum absolute atomic E-state index is 0.0501. The Morgan fingerprint density at radius 1 is 1.16 bits per heavy atom. The van der Waals surface area contributed by atoms with Crippen molar-refractivity contribution in [1.29, 1.82) is 0 Å². The van der Waals surface area contributed by atoms with Crippen LogP contribution in [0.25, 0.3) is 10.2 Å². The summed E-state index contributed by atoms with van der Waals surface area (Å²) in [5, 5.41) is 15.5. The number of piperidine rings is 1. The molecule has 0 spiro atoms. The molecule has 0 saturated carbocycles. The number of benzene rings is 2. The number of carbonyl (C=O) groups is 2. The molecule has 1 aliphatic rings. The SMILES string of the molecule is CC(C)CNc1ccc(S(=O)(=O)Oc2ccc3nc(NC(=O)CC4CCN(C(=O)O)CC4)sc3c2)cc1. The number of likely N-dealkylation sites (tertiary alicyclic amines) is 1. The van der Waals surface area contributed by atoms with Gasteiger partial charge in [-0.05, 0) is 61.1 Å². The van der Waals surface area contributed by atoms with Crippen LogP contribution in [0.3, 0.4) is 0 Å². The highest BCUT2D eigenvalue weighted by Gasteiger charge is 2.24. The van der Waals surface area contributed by atoms with Crippen molar-refractivity contribution in [3.05, 3.63) is 42.5 Å². The minimum Gasteiger partial charge on any atom is -0.465 e. The third-order valence-electron chi connectivity index (χ3n) is 6.03. The van der Waals surface area contributed by atoms with Gasteiger partial charge < -0.3 is 24.8 Å². The molecule has 3 aromatic rings. The average Bonchev–Trinajstić information content (AvgIpc) is 3.24. The molecule has 4 rings (SSSR count). The van der Waals surface area contributed by atoms with E-state index in [0.29, 0.717) is 53.6 Å². The summed E-state index contributed by atoms with van der Waals surface area (Å²) in [6.07, 6.45) is 0.653. The number of aromatic nitrogens is 1. The molecule has 198 valence electrons. The Morgan fingerprint density at radius 3 is 2.51 bits per heavy atom. The first-order valence-electron chi connectivity index (χ1n) is 12.1. The van der Waals surface area contributed by atoms with Crippen molar-refractivity contribution in [3.8, 4) is 5.75 Å². The molecule has 10 nitrogen and oxygen atoms in total. The zero-order valence-corrected chi connectivity index (χ0v) is 22.3. The Labute approximate surface area is 219 Å². The van der Waals surface area contributed by atoms with E-state index < -0.39 is 16.2 Å². The third-order valence-corrected chi connectivity index (χ3v) is 8.22. The van der Waals surface area contributed by atoms with Gasteiger partial charge in [-0.15, -0.1) is 0 Å². The van der Waals surface area contributed by atoms with Gasteiger partial charge >= 0.3 is 16.2 Å². The highest BCUT2D eigenvalue weighted by Crippen LogP contribution is 2.31. The summed E-state index contributed by atoms with van der Waals surface area (Å²) in [5.74, 6) is 0.556. The number of carbonyl (C=O) groups excluding carboxylic acids is 1. The number of carboxylic acid groups (broad SMARTS) is 1. The number of rotatable bonds is 9. The second-order valence-electron chi connectivity index (χ2n) is 9.45. The van der Waals surface area contributed by atoms with Gasteiger partial charge in [-0.3, -0.25) is 4.79 Å². The van der Waals surface area contributed by atoms with Gasteiger partial charge in [0.05, 0.1) is 10.2 Å². The van der Waals surface area contributed by atoms with Gasteiger partial charge in [0, 0.05) is 37.8 Å². The lowest BCUT2D eigenvalue weighted by atomic mass is 9.93. The topological polar surface area (TPSA) is 138 Å². The molecule has 37 heavy (non-hydrogen) atoms. The Bertz CT molecular complexity index is 1360. The van der Waals surface area contributed by atoms with Crippen LogP contribution in [0.4, 0.5) is 15.6 Å². The molecular formula is C25H30N4O6S2. The molecule has 0 bridgehead atoms. The van der Waals surface area contributed by atoms with E-state index in [9.17, 15) is 18.0 Å². The molecule has 0 aliphatic carbocycles. The summed E-state index contributed by atoms with van der Waals surface area (Å²) in [7, 11) is -4.02. The molecule has 2 amide bonds. The minimum atomic E-state index is -4.02. The fraction of sp³-hybridized carbons (Fsp3) is 0.400. The quantitative estimate of drug-likeness (QED) is 0.324. The van der Waals surface area contributed by atoms with E-state index in [0.717, 1.165) is 12.2 Å². The monoisotopic (exact) mass is 546 g/mol. The van der Waals surface area contributed by atoms with E-state index >= 15 is 0 Å². The first-order chi connectivity index (χ1) is 17.6. The van der Waals surface area contributed by atoms with Crippen LogP contribution >= 0.6 is 11.3 Å². The maximum atomic E-state index is 12.8. The molecule has 1 fully saturated rings. The second kappa shape index (κ2) is 11.3. The van der Waals surface area contributed by atoms with Crippen molar-refractivity contribution in [1.82, 2.24) is 9.88 Å². The highest BCUT2D eigenvalue weighted by atomic mass is 32.2. The zero-order chi connectivity index (χ0) is 26.6. The lowest BCUT2D eigenvalue weighted by molar-refractivity contribution is -0.117. The molecular weight excluding hydrogens is 516 g/mol. The summed E-state index contributed by atoms with van der Waals surface area (Å²) in [6, 6.07) is 11.2. The Hall–Kier alpha value is -3.38. The normalized spacial score (nSPS) is 14.6. The summed E-state index contributed by atoms with van der Waals surface area (Å²) in [6.45, 7) is 5.82. The Morgan fingerprint density at radius 2 is 1.86 bits per heavy atom. The van der Waals surface area contributed by atoms with Gasteiger partial charge in [0.2, 0.25) is 5.91 Å². The molecule has 1 aromatic heterocycles. The lowest BCUT2D eigenvalue weighted by Crippen LogP contribution is -2.38. The van der Waals surface area contributed by atoms with Gasteiger partial charge in [-0.1, -0.05) is 25.2 Å². The zero-order valence-electron chi connectivity index (χ0n) is 20.6. The third kappa shape index (κ3) is 7.10. The van der Waals surface area contributed by atoms with Crippen LogP contribution < -0.4 is 14.8 Å². The number of hydrogen-bond acceptors (Lipinski definition) is 8. The van der Waals surface area contributed by atoms with Crippen molar-refractivity contribution in [3.63, 3.8) is 0 Å². The summed E-state index contributed by atoms with van der Waals surface area (Å²) in [4.78, 5) is 29.3. The Balaban J connectivity index is 1.36. The van der Waals surface area contributed by atoms with Crippen molar-refractivity contribution in [2.45, 2.75) is 38.0 Å². The van der Waals surface area contributed by atoms with Crippen molar-refractivity contribution < 1.29 is 27.3 Å². The van der Waals surface area contributed by atoms with E-state index in [-0.39, 0.29) is 22.5 Å². The molecule has 2 aromatic carbocycles. The van der Waals surface area contributed by atoms with E-state index in [1.807, 2.05) is 0 Å². The Kier molecular flexibility index (Phi) is 8.18. The van der Waals surface area contributed by atoms with Crippen LogP contribution in [0, 0.1) is 11.8 Å². The number of amides is 2. The number of nitrogens with one attached hydrogen (secondary N) is 2. The predicted octanol–water partition coefficient (Wildman–Crippen LogP) is 4.85. The highest BCUT2D eigenvalue weighted by molar-refractivity contribution is 7.87. The average molecular weight is 547 g/mol. The largest absolute Gasteiger partial charge is 0.465 e. The van der Waals surface area contributed by atoms with Crippen molar-refractivity contribution in [2.75, 3.05) is 30.3 Å². The van der Waals surface area contributed by atoms with E-state index in [1.165, 1.54) is 34.4 Å². The van der Waals surface area contributed by atoms with E-state index in [1.54, 1.807) is 24.3 Å².